The molecule has 0 aliphatic carbocycles. The molecular weight excluding hydrogens is 238 g/mol. The average molecular weight is 256 g/mol. The summed E-state index contributed by atoms with van der Waals surface area (Å²) >= 11 is 6.24. The standard InChI is InChI=1S/C13H18ClNO2/c1-17-11-5-3-7-15(8-11)13-10(9-16)4-2-6-12(13)14/h2,4,6,11,16H,3,5,7-9H2,1H3. The maximum atomic E-state index is 9.38. The molecule has 1 aliphatic heterocycles. The smallest absolute Gasteiger partial charge is 0.0746 e. The molecule has 0 saturated carbocycles. The molecule has 2 rings (SSSR count). The van der Waals surface area contributed by atoms with Gasteiger partial charge in [0, 0.05) is 25.8 Å². The average Bonchev–Trinajstić information content (AvgIpc) is 2.38. The van der Waals surface area contributed by atoms with Gasteiger partial charge in [-0.15, -0.1) is 0 Å². The van der Waals surface area contributed by atoms with Gasteiger partial charge in [-0.25, -0.2) is 0 Å². The summed E-state index contributed by atoms with van der Waals surface area (Å²) in [5, 5.41) is 10.1. The van der Waals surface area contributed by atoms with Crippen molar-refractivity contribution in [2.45, 2.75) is 25.6 Å². The molecule has 0 radical (unpaired) electrons. The van der Waals surface area contributed by atoms with Crippen molar-refractivity contribution in [3.05, 3.63) is 28.8 Å². The van der Waals surface area contributed by atoms with Crippen LogP contribution in [0.5, 0.6) is 0 Å². The third-order valence-corrected chi connectivity index (χ3v) is 3.57. The van der Waals surface area contributed by atoms with E-state index in [1.165, 1.54) is 0 Å². The molecule has 1 aromatic carbocycles. The summed E-state index contributed by atoms with van der Waals surface area (Å²) in [7, 11) is 1.74. The van der Waals surface area contributed by atoms with Gasteiger partial charge in [0.25, 0.3) is 0 Å². The van der Waals surface area contributed by atoms with E-state index < -0.39 is 0 Å². The minimum absolute atomic E-state index is 0.0179. The van der Waals surface area contributed by atoms with Gasteiger partial charge in [0.1, 0.15) is 0 Å². The van der Waals surface area contributed by atoms with E-state index in [9.17, 15) is 5.11 Å². The Labute approximate surface area is 107 Å². The number of rotatable bonds is 3. The van der Waals surface area contributed by atoms with E-state index in [2.05, 4.69) is 4.90 Å². The predicted molar refractivity (Wildman–Crippen MR) is 69.6 cm³/mol. The lowest BCUT2D eigenvalue weighted by Gasteiger charge is -2.35. The molecule has 0 spiro atoms. The van der Waals surface area contributed by atoms with E-state index in [1.54, 1.807) is 7.11 Å². The van der Waals surface area contributed by atoms with Crippen LogP contribution in [0.4, 0.5) is 5.69 Å². The number of hydrogen-bond acceptors (Lipinski definition) is 3. The predicted octanol–water partition coefficient (Wildman–Crippen LogP) is 2.45. The molecule has 1 fully saturated rings. The Bertz CT molecular complexity index is 384. The summed E-state index contributed by atoms with van der Waals surface area (Å²) < 4.78 is 5.41. The first-order valence-electron chi connectivity index (χ1n) is 5.92. The molecule has 1 heterocycles. The number of aliphatic hydroxyl groups is 1. The number of piperidine rings is 1. The molecule has 0 aromatic heterocycles. The molecule has 1 N–H and O–H groups in total. The molecule has 1 saturated heterocycles. The van der Waals surface area contributed by atoms with E-state index in [0.29, 0.717) is 5.02 Å². The fourth-order valence-corrected chi connectivity index (χ4v) is 2.69. The van der Waals surface area contributed by atoms with Crippen molar-refractivity contribution >= 4 is 17.3 Å². The van der Waals surface area contributed by atoms with Crippen LogP contribution in [-0.2, 0) is 11.3 Å². The quantitative estimate of drug-likeness (QED) is 0.901. The number of halogens is 1. The highest BCUT2D eigenvalue weighted by Gasteiger charge is 2.22. The lowest BCUT2D eigenvalue weighted by molar-refractivity contribution is 0.0892. The second kappa shape index (κ2) is 5.71. The number of hydrogen-bond donors (Lipinski definition) is 1. The van der Waals surface area contributed by atoms with Gasteiger partial charge < -0.3 is 14.7 Å². The zero-order valence-corrected chi connectivity index (χ0v) is 10.8. The first-order chi connectivity index (χ1) is 8.26. The summed E-state index contributed by atoms with van der Waals surface area (Å²) in [5.74, 6) is 0. The molecule has 1 aromatic rings. The van der Waals surface area contributed by atoms with Crippen LogP contribution in [0.1, 0.15) is 18.4 Å². The van der Waals surface area contributed by atoms with Gasteiger partial charge in [-0.1, -0.05) is 23.7 Å². The van der Waals surface area contributed by atoms with Gasteiger partial charge in [0.15, 0.2) is 0 Å². The maximum Gasteiger partial charge on any atom is 0.0746 e. The van der Waals surface area contributed by atoms with E-state index in [1.807, 2.05) is 18.2 Å². The molecule has 3 nitrogen and oxygen atoms in total. The van der Waals surface area contributed by atoms with Gasteiger partial charge >= 0.3 is 0 Å². The van der Waals surface area contributed by atoms with E-state index in [-0.39, 0.29) is 12.7 Å². The van der Waals surface area contributed by atoms with Gasteiger partial charge in [-0.3, -0.25) is 0 Å². The highest BCUT2D eigenvalue weighted by atomic mass is 35.5. The normalized spacial score (nSPS) is 20.6. The highest BCUT2D eigenvalue weighted by molar-refractivity contribution is 6.33. The first kappa shape index (κ1) is 12.7. The molecule has 4 heteroatoms. The summed E-state index contributed by atoms with van der Waals surface area (Å²) in [6, 6.07) is 5.65. The molecule has 1 unspecified atom stereocenters. The Hall–Kier alpha value is -0.770. The second-order valence-electron chi connectivity index (χ2n) is 4.35. The molecule has 94 valence electrons. The third kappa shape index (κ3) is 2.73. The van der Waals surface area contributed by atoms with E-state index in [0.717, 1.165) is 37.2 Å². The molecule has 0 bridgehead atoms. The minimum Gasteiger partial charge on any atom is -0.392 e. The Morgan fingerprint density at radius 2 is 2.35 bits per heavy atom. The topological polar surface area (TPSA) is 32.7 Å². The first-order valence-corrected chi connectivity index (χ1v) is 6.30. The monoisotopic (exact) mass is 255 g/mol. The van der Waals surface area contributed by atoms with Crippen LogP contribution in [0.2, 0.25) is 5.02 Å². The number of ether oxygens (including phenoxy) is 1. The van der Waals surface area contributed by atoms with Crippen LogP contribution in [0.25, 0.3) is 0 Å². The van der Waals surface area contributed by atoms with Crippen molar-refractivity contribution < 1.29 is 9.84 Å². The van der Waals surface area contributed by atoms with Gasteiger partial charge in [-0.05, 0) is 18.9 Å². The van der Waals surface area contributed by atoms with Crippen LogP contribution in [-0.4, -0.2) is 31.4 Å². The summed E-state index contributed by atoms with van der Waals surface area (Å²) in [5.41, 5.74) is 1.84. The Balaban J connectivity index is 2.26. The highest BCUT2D eigenvalue weighted by Crippen LogP contribution is 2.32. The van der Waals surface area contributed by atoms with Crippen molar-refractivity contribution in [2.75, 3.05) is 25.1 Å². The Morgan fingerprint density at radius 1 is 1.53 bits per heavy atom. The van der Waals surface area contributed by atoms with Gasteiger partial charge in [0.2, 0.25) is 0 Å². The number of nitrogens with zero attached hydrogens (tertiary/aromatic N) is 1. The fourth-order valence-electron chi connectivity index (χ4n) is 2.38. The number of benzene rings is 1. The molecule has 1 atom stereocenters. The molecule has 1 aliphatic rings. The van der Waals surface area contributed by atoms with Crippen LogP contribution in [0.3, 0.4) is 0 Å². The minimum atomic E-state index is 0.0179. The third-order valence-electron chi connectivity index (χ3n) is 3.27. The Morgan fingerprint density at radius 3 is 3.06 bits per heavy atom. The SMILES string of the molecule is COC1CCCN(c2c(Cl)cccc2CO)C1. The van der Waals surface area contributed by atoms with Gasteiger partial charge in [-0.2, -0.15) is 0 Å². The van der Waals surface area contributed by atoms with Crippen molar-refractivity contribution in [3.63, 3.8) is 0 Å². The maximum absolute atomic E-state index is 9.38. The van der Waals surface area contributed by atoms with Crippen molar-refractivity contribution in [2.24, 2.45) is 0 Å². The number of para-hydroxylation sites is 1. The van der Waals surface area contributed by atoms with E-state index >= 15 is 0 Å². The fraction of sp³-hybridized carbons (Fsp3) is 0.538. The van der Waals surface area contributed by atoms with Crippen molar-refractivity contribution in [3.8, 4) is 0 Å². The lowest BCUT2D eigenvalue weighted by atomic mass is 10.1. The lowest BCUT2D eigenvalue weighted by Crippen LogP contribution is -2.39. The zero-order valence-electron chi connectivity index (χ0n) is 10.0. The number of anilines is 1. The summed E-state index contributed by atoms with van der Waals surface area (Å²) in [6.07, 6.45) is 2.44. The van der Waals surface area contributed by atoms with Crippen LogP contribution < -0.4 is 4.90 Å². The van der Waals surface area contributed by atoms with Crippen molar-refractivity contribution in [1.82, 2.24) is 0 Å². The number of methoxy groups -OCH3 is 1. The molecular formula is C13H18ClNO2. The van der Waals surface area contributed by atoms with Crippen LogP contribution in [0, 0.1) is 0 Å². The second-order valence-corrected chi connectivity index (χ2v) is 4.76. The van der Waals surface area contributed by atoms with Crippen LogP contribution in [0.15, 0.2) is 18.2 Å². The number of aliphatic hydroxyl groups excluding tert-OH is 1. The largest absolute Gasteiger partial charge is 0.392 e. The van der Waals surface area contributed by atoms with Gasteiger partial charge in [0.05, 0.1) is 23.4 Å². The Kier molecular flexibility index (Phi) is 4.26. The van der Waals surface area contributed by atoms with E-state index in [4.69, 9.17) is 16.3 Å². The zero-order chi connectivity index (χ0) is 12.3. The summed E-state index contributed by atoms with van der Waals surface area (Å²) in [4.78, 5) is 2.21. The molecule has 17 heavy (non-hydrogen) atoms. The van der Waals surface area contributed by atoms with Crippen molar-refractivity contribution in [1.29, 1.82) is 0 Å². The molecule has 0 amide bonds. The van der Waals surface area contributed by atoms with Crippen LogP contribution >= 0.6 is 11.6 Å². The summed E-state index contributed by atoms with van der Waals surface area (Å²) in [6.45, 7) is 1.83.